The number of ether oxygens (including phenoxy) is 3. The summed E-state index contributed by atoms with van der Waals surface area (Å²) in [5.41, 5.74) is 1.94. The van der Waals surface area contributed by atoms with Gasteiger partial charge in [-0.25, -0.2) is 4.79 Å². The number of hydrogen-bond donors (Lipinski definition) is 1. The molecule has 0 saturated carbocycles. The van der Waals surface area contributed by atoms with Crippen molar-refractivity contribution in [2.24, 2.45) is 5.92 Å². The molecule has 1 N–H and O–H groups in total. The number of fused-ring (bicyclic) bond motifs is 1. The van der Waals surface area contributed by atoms with Gasteiger partial charge in [0.25, 0.3) is 0 Å². The molecule has 2 aromatic carbocycles. The summed E-state index contributed by atoms with van der Waals surface area (Å²) in [6.45, 7) is 8.78. The van der Waals surface area contributed by atoms with E-state index in [1.807, 2.05) is 54.6 Å². The molecule has 10 nitrogen and oxygen atoms in total. The fourth-order valence-corrected chi connectivity index (χ4v) is 7.01. The van der Waals surface area contributed by atoms with E-state index in [1.165, 1.54) is 4.90 Å². The molecule has 0 aliphatic carbocycles. The predicted octanol–water partition coefficient (Wildman–Crippen LogP) is 5.37. The first-order valence-electron chi connectivity index (χ1n) is 16.6. The molecule has 2 amide bonds. The van der Waals surface area contributed by atoms with Crippen molar-refractivity contribution in [1.82, 2.24) is 10.2 Å². The van der Waals surface area contributed by atoms with E-state index in [0.717, 1.165) is 36.1 Å². The molecule has 256 valence electrons. The second-order valence-corrected chi connectivity index (χ2v) is 14.2. The Bertz CT molecular complexity index is 1340. The summed E-state index contributed by atoms with van der Waals surface area (Å²) in [4.78, 5) is 55.6. The highest BCUT2D eigenvalue weighted by Gasteiger charge is 2.35. The van der Waals surface area contributed by atoms with Gasteiger partial charge in [0.2, 0.25) is 5.91 Å². The van der Waals surface area contributed by atoms with Crippen LogP contribution in [0.5, 0.6) is 0 Å². The minimum Gasteiger partial charge on any atom is -0.465 e. The molecule has 2 aliphatic heterocycles. The Kier molecular flexibility index (Phi) is 13.5. The van der Waals surface area contributed by atoms with Gasteiger partial charge in [-0.05, 0) is 88.7 Å². The van der Waals surface area contributed by atoms with Crippen LogP contribution in [0.2, 0.25) is 0 Å². The quantitative estimate of drug-likeness (QED) is 0.171. The van der Waals surface area contributed by atoms with Crippen LogP contribution in [0.15, 0.2) is 54.6 Å². The summed E-state index contributed by atoms with van der Waals surface area (Å²) < 4.78 is 16.4. The van der Waals surface area contributed by atoms with Crippen molar-refractivity contribution < 1.29 is 33.4 Å². The summed E-state index contributed by atoms with van der Waals surface area (Å²) in [6, 6.07) is 15.9. The molecule has 2 atom stereocenters. The lowest BCUT2D eigenvalue weighted by atomic mass is 9.95. The average Bonchev–Trinajstić information content (AvgIpc) is 3.17. The van der Waals surface area contributed by atoms with E-state index in [4.69, 9.17) is 14.2 Å². The fraction of sp³-hybridized carbons (Fsp3) is 0.556. The number of nitrogens with zero attached hydrogens (tertiary/aromatic N) is 2. The maximum Gasteiger partial charge on any atom is 0.410 e. The molecule has 1 saturated heterocycles. The van der Waals surface area contributed by atoms with E-state index >= 15 is 0 Å². The number of benzene rings is 2. The molecular formula is C36H49N3O7S. The van der Waals surface area contributed by atoms with E-state index in [1.54, 1.807) is 44.4 Å². The van der Waals surface area contributed by atoms with Gasteiger partial charge < -0.3 is 19.1 Å². The molecular weight excluding hydrogens is 618 g/mol. The van der Waals surface area contributed by atoms with Crippen LogP contribution in [0.25, 0.3) is 0 Å². The van der Waals surface area contributed by atoms with Crippen LogP contribution < -0.4 is 10.2 Å². The van der Waals surface area contributed by atoms with Crippen LogP contribution in [0.4, 0.5) is 10.5 Å². The summed E-state index contributed by atoms with van der Waals surface area (Å²) in [5.74, 6) is 0.624. The third-order valence-corrected chi connectivity index (χ3v) is 9.36. The average molecular weight is 668 g/mol. The maximum absolute atomic E-state index is 13.9. The second kappa shape index (κ2) is 17.5. The topological polar surface area (TPSA) is 114 Å². The Morgan fingerprint density at radius 2 is 1.68 bits per heavy atom. The van der Waals surface area contributed by atoms with Gasteiger partial charge in [0, 0.05) is 24.5 Å². The number of esters is 2. The zero-order valence-electron chi connectivity index (χ0n) is 28.1. The van der Waals surface area contributed by atoms with E-state index in [0.29, 0.717) is 43.3 Å². The minimum absolute atomic E-state index is 0.215. The van der Waals surface area contributed by atoms with Gasteiger partial charge >= 0.3 is 18.0 Å². The Labute approximate surface area is 282 Å². The van der Waals surface area contributed by atoms with Crippen LogP contribution in [0.3, 0.4) is 0 Å². The van der Waals surface area contributed by atoms with Gasteiger partial charge in [-0.15, -0.1) is 0 Å². The van der Waals surface area contributed by atoms with E-state index in [9.17, 15) is 19.2 Å². The lowest BCUT2D eigenvalue weighted by Crippen LogP contribution is -2.54. The SMILES string of the molecule is CCOC(=O)C(CSCCC1CCN(C(=O)OCc2ccccc2)CC1)NC1CCc2ccccc2N(CC(=O)OC(C)(C)C)C1=O. The first kappa shape index (κ1) is 36.3. The molecule has 0 aromatic heterocycles. The second-order valence-electron chi connectivity index (χ2n) is 13.0. The first-order valence-corrected chi connectivity index (χ1v) is 17.8. The number of nitrogens with one attached hydrogen (secondary N) is 1. The number of piperidine rings is 1. The Balaban J connectivity index is 1.28. The van der Waals surface area contributed by atoms with Crippen molar-refractivity contribution >= 4 is 41.4 Å². The zero-order valence-corrected chi connectivity index (χ0v) is 28.9. The summed E-state index contributed by atoms with van der Waals surface area (Å²) in [5, 5.41) is 3.30. The highest BCUT2D eigenvalue weighted by atomic mass is 32.2. The van der Waals surface area contributed by atoms with Gasteiger partial charge in [0.15, 0.2) is 0 Å². The lowest BCUT2D eigenvalue weighted by molar-refractivity contribution is -0.154. The molecule has 11 heteroatoms. The van der Waals surface area contributed by atoms with Crippen LogP contribution in [-0.2, 0) is 41.6 Å². The molecule has 2 unspecified atom stereocenters. The number of aryl methyl sites for hydroxylation is 1. The number of para-hydroxylation sites is 1. The summed E-state index contributed by atoms with van der Waals surface area (Å²) in [6.07, 6.45) is 3.61. The molecule has 0 spiro atoms. The molecule has 1 fully saturated rings. The number of anilines is 1. The smallest absolute Gasteiger partial charge is 0.410 e. The number of carbonyl (C=O) groups is 4. The number of thioether (sulfide) groups is 1. The van der Waals surface area contributed by atoms with Crippen molar-refractivity contribution in [3.63, 3.8) is 0 Å². The van der Waals surface area contributed by atoms with Crippen LogP contribution in [0.1, 0.15) is 64.5 Å². The van der Waals surface area contributed by atoms with E-state index in [2.05, 4.69) is 5.32 Å². The predicted molar refractivity (Wildman–Crippen MR) is 183 cm³/mol. The molecule has 2 aromatic rings. The molecule has 0 radical (unpaired) electrons. The number of amides is 2. The van der Waals surface area contributed by atoms with Gasteiger partial charge in [-0.3, -0.25) is 24.6 Å². The monoisotopic (exact) mass is 667 g/mol. The highest BCUT2D eigenvalue weighted by molar-refractivity contribution is 7.99. The number of likely N-dealkylation sites (tertiary alicyclic amines) is 1. The van der Waals surface area contributed by atoms with Gasteiger partial charge in [-0.1, -0.05) is 48.5 Å². The highest BCUT2D eigenvalue weighted by Crippen LogP contribution is 2.28. The summed E-state index contributed by atoms with van der Waals surface area (Å²) in [7, 11) is 0. The number of rotatable bonds is 13. The largest absolute Gasteiger partial charge is 0.465 e. The number of hydrogen-bond acceptors (Lipinski definition) is 9. The first-order chi connectivity index (χ1) is 22.5. The van der Waals surface area contributed by atoms with Crippen LogP contribution in [0, 0.1) is 5.92 Å². The van der Waals surface area contributed by atoms with Crippen molar-refractivity contribution in [3.05, 3.63) is 65.7 Å². The Morgan fingerprint density at radius 3 is 2.38 bits per heavy atom. The van der Waals surface area contributed by atoms with Crippen LogP contribution >= 0.6 is 11.8 Å². The third kappa shape index (κ3) is 11.3. The Hall–Kier alpha value is -3.57. The van der Waals surface area contributed by atoms with Gasteiger partial charge in [0.05, 0.1) is 12.6 Å². The molecule has 0 bridgehead atoms. The van der Waals surface area contributed by atoms with E-state index in [-0.39, 0.29) is 31.8 Å². The van der Waals surface area contributed by atoms with Crippen molar-refractivity contribution in [2.75, 3.05) is 42.6 Å². The van der Waals surface area contributed by atoms with Crippen molar-refractivity contribution in [2.45, 2.75) is 84.1 Å². The zero-order chi connectivity index (χ0) is 33.8. The van der Waals surface area contributed by atoms with Crippen LogP contribution in [-0.4, -0.2) is 84.3 Å². The summed E-state index contributed by atoms with van der Waals surface area (Å²) >= 11 is 1.65. The molecule has 2 aliphatic rings. The van der Waals surface area contributed by atoms with E-state index < -0.39 is 29.6 Å². The van der Waals surface area contributed by atoms with Crippen molar-refractivity contribution in [3.8, 4) is 0 Å². The fourth-order valence-electron chi connectivity index (χ4n) is 5.87. The van der Waals surface area contributed by atoms with Gasteiger partial charge in [-0.2, -0.15) is 11.8 Å². The molecule has 4 rings (SSSR count). The normalized spacial score (nSPS) is 17.8. The maximum atomic E-state index is 13.9. The Morgan fingerprint density at radius 1 is 0.979 bits per heavy atom. The number of carbonyl (C=O) groups excluding carboxylic acids is 4. The van der Waals surface area contributed by atoms with Crippen molar-refractivity contribution in [1.29, 1.82) is 0 Å². The minimum atomic E-state index is -0.681. The van der Waals surface area contributed by atoms with Gasteiger partial charge in [0.1, 0.15) is 24.8 Å². The standard InChI is InChI=1S/C36H49N3O7S/c1-5-44-34(42)30(25-47-22-19-26-17-20-38(21-18-26)35(43)45-24-27-11-7-6-8-12-27)37-29-16-15-28-13-9-10-14-31(28)39(33(29)41)23-32(40)46-36(2,3)4/h6-14,26,29-30,37H,5,15-25H2,1-4H3. The lowest BCUT2D eigenvalue weighted by Gasteiger charge is -2.31. The molecule has 2 heterocycles. The molecule has 47 heavy (non-hydrogen) atoms. The third-order valence-electron chi connectivity index (χ3n) is 8.26.